The van der Waals surface area contributed by atoms with Crippen LogP contribution in [0, 0.1) is 5.92 Å². The van der Waals surface area contributed by atoms with Crippen molar-refractivity contribution in [3.63, 3.8) is 0 Å². The molecule has 1 rings (SSSR count). The molecule has 0 radical (unpaired) electrons. The first-order valence-electron chi connectivity index (χ1n) is 5.98. The maximum atomic E-state index is 5.41. The van der Waals surface area contributed by atoms with Crippen LogP contribution >= 0.6 is 11.3 Å². The van der Waals surface area contributed by atoms with Gasteiger partial charge in [0.15, 0.2) is 0 Å². The number of nitrogens with two attached hydrogens (primary N) is 1. The number of nitrogens with zero attached hydrogens (tertiary/aromatic N) is 1. The number of aryl methyl sites for hydroxylation is 1. The first-order chi connectivity index (χ1) is 8.15. The molecule has 0 fully saturated rings. The fourth-order valence-corrected chi connectivity index (χ4v) is 2.19. The minimum atomic E-state index is 0.571. The van der Waals surface area contributed by atoms with E-state index in [9.17, 15) is 0 Å². The topological polar surface area (TPSA) is 62.4 Å². The molecule has 4 N–H and O–H groups in total. The van der Waals surface area contributed by atoms with E-state index in [1.165, 1.54) is 9.75 Å². The fourth-order valence-electron chi connectivity index (χ4n) is 1.31. The van der Waals surface area contributed by atoms with E-state index in [2.05, 4.69) is 48.6 Å². The van der Waals surface area contributed by atoms with Crippen molar-refractivity contribution in [2.45, 2.75) is 33.7 Å². The molecule has 1 heterocycles. The Kier molecular flexibility index (Phi) is 6.00. The molecule has 0 bridgehead atoms. The van der Waals surface area contributed by atoms with Crippen LogP contribution in [0.1, 0.15) is 30.5 Å². The van der Waals surface area contributed by atoms with Crippen LogP contribution < -0.4 is 16.6 Å². The van der Waals surface area contributed by atoms with Crippen molar-refractivity contribution in [2.75, 3.05) is 6.54 Å². The Bertz CT molecular complexity index is 357. The molecule has 4 nitrogen and oxygen atoms in total. The van der Waals surface area contributed by atoms with E-state index in [4.69, 9.17) is 5.84 Å². The minimum Gasteiger partial charge on any atom is -0.355 e. The van der Waals surface area contributed by atoms with Gasteiger partial charge in [0.05, 0.1) is 6.54 Å². The van der Waals surface area contributed by atoms with Crippen LogP contribution in [0.3, 0.4) is 0 Å². The highest BCUT2D eigenvalue weighted by Crippen LogP contribution is 2.17. The molecule has 17 heavy (non-hydrogen) atoms. The van der Waals surface area contributed by atoms with Gasteiger partial charge in [0.1, 0.15) is 0 Å². The Morgan fingerprint density at radius 3 is 2.65 bits per heavy atom. The number of thiophene rings is 1. The van der Waals surface area contributed by atoms with Crippen molar-refractivity contribution >= 4 is 17.3 Å². The number of hydrogen-bond donors (Lipinski definition) is 3. The summed E-state index contributed by atoms with van der Waals surface area (Å²) < 4.78 is 0. The smallest absolute Gasteiger partial charge is 0.206 e. The first-order valence-corrected chi connectivity index (χ1v) is 6.79. The third-order valence-electron chi connectivity index (χ3n) is 2.27. The van der Waals surface area contributed by atoms with E-state index in [0.29, 0.717) is 18.4 Å². The molecule has 0 aromatic carbocycles. The lowest BCUT2D eigenvalue weighted by atomic mass is 10.2. The summed E-state index contributed by atoms with van der Waals surface area (Å²) in [6.07, 6.45) is 1.09. The number of hydrogen-bond acceptors (Lipinski definition) is 3. The van der Waals surface area contributed by atoms with Gasteiger partial charge in [-0.05, 0) is 24.5 Å². The average Bonchev–Trinajstić information content (AvgIpc) is 2.77. The Balaban J connectivity index is 2.48. The summed E-state index contributed by atoms with van der Waals surface area (Å²) in [6.45, 7) is 8.00. The van der Waals surface area contributed by atoms with Gasteiger partial charge in [-0.25, -0.2) is 10.8 Å². The molecule has 0 aliphatic heterocycles. The summed E-state index contributed by atoms with van der Waals surface area (Å²) in [6, 6.07) is 4.29. The zero-order valence-electron chi connectivity index (χ0n) is 10.8. The second-order valence-electron chi connectivity index (χ2n) is 4.31. The van der Waals surface area contributed by atoms with Crippen LogP contribution in [0.4, 0.5) is 0 Å². The highest BCUT2D eigenvalue weighted by molar-refractivity contribution is 7.11. The lowest BCUT2D eigenvalue weighted by Gasteiger charge is -2.10. The molecule has 0 amide bonds. The zero-order chi connectivity index (χ0) is 12.7. The van der Waals surface area contributed by atoms with Crippen LogP contribution in [0.5, 0.6) is 0 Å². The van der Waals surface area contributed by atoms with E-state index in [0.717, 1.165) is 13.0 Å². The molecule has 1 aromatic heterocycles. The SMILES string of the molecule is CCc1ccc(CN=C(NN)NCC(C)C)s1. The molecule has 1 aromatic rings. The van der Waals surface area contributed by atoms with E-state index >= 15 is 0 Å². The van der Waals surface area contributed by atoms with E-state index in [1.807, 2.05) is 0 Å². The fraction of sp³-hybridized carbons (Fsp3) is 0.583. The van der Waals surface area contributed by atoms with Crippen LogP contribution in [0.2, 0.25) is 0 Å². The number of guanidine groups is 1. The standard InChI is InChI=1S/C12H22N4S/c1-4-10-5-6-11(17-10)8-15-12(16-13)14-7-9(2)3/h5-6,9H,4,7-8,13H2,1-3H3,(H2,14,15,16). The molecule has 0 aliphatic carbocycles. The Morgan fingerprint density at radius 1 is 1.41 bits per heavy atom. The number of hydrazine groups is 1. The molecular weight excluding hydrogens is 232 g/mol. The molecule has 5 heteroatoms. The van der Waals surface area contributed by atoms with Crippen molar-refractivity contribution in [2.24, 2.45) is 16.8 Å². The minimum absolute atomic E-state index is 0.571. The van der Waals surface area contributed by atoms with Gasteiger partial charge in [0, 0.05) is 16.3 Å². The summed E-state index contributed by atoms with van der Waals surface area (Å²) in [7, 11) is 0. The van der Waals surface area contributed by atoms with Gasteiger partial charge in [-0.15, -0.1) is 11.3 Å². The lowest BCUT2D eigenvalue weighted by molar-refractivity contribution is 0.615. The molecule has 96 valence electrons. The van der Waals surface area contributed by atoms with Crippen LogP contribution in [0.25, 0.3) is 0 Å². The van der Waals surface area contributed by atoms with Crippen LogP contribution in [-0.4, -0.2) is 12.5 Å². The van der Waals surface area contributed by atoms with E-state index in [-0.39, 0.29) is 0 Å². The Morgan fingerprint density at radius 2 is 2.12 bits per heavy atom. The second kappa shape index (κ2) is 7.29. The predicted molar refractivity (Wildman–Crippen MR) is 75.0 cm³/mol. The Labute approximate surface area is 107 Å². The quantitative estimate of drug-likeness (QED) is 0.325. The largest absolute Gasteiger partial charge is 0.355 e. The van der Waals surface area contributed by atoms with Crippen LogP contribution in [-0.2, 0) is 13.0 Å². The molecule has 0 spiro atoms. The lowest BCUT2D eigenvalue weighted by Crippen LogP contribution is -2.42. The third kappa shape index (κ3) is 5.19. The molecule has 0 saturated carbocycles. The van der Waals surface area contributed by atoms with Crippen molar-refractivity contribution in [3.8, 4) is 0 Å². The summed E-state index contributed by atoms with van der Waals surface area (Å²) >= 11 is 1.81. The number of aliphatic imine (C=N–C) groups is 1. The maximum Gasteiger partial charge on any atom is 0.206 e. The van der Waals surface area contributed by atoms with Crippen molar-refractivity contribution in [3.05, 3.63) is 21.9 Å². The van der Waals surface area contributed by atoms with Gasteiger partial charge in [0.2, 0.25) is 5.96 Å². The van der Waals surface area contributed by atoms with Gasteiger partial charge in [0.25, 0.3) is 0 Å². The summed E-state index contributed by atoms with van der Waals surface area (Å²) in [5, 5.41) is 3.18. The van der Waals surface area contributed by atoms with Gasteiger partial charge in [-0.2, -0.15) is 0 Å². The molecule has 0 unspecified atom stereocenters. The van der Waals surface area contributed by atoms with Gasteiger partial charge in [-0.1, -0.05) is 20.8 Å². The van der Waals surface area contributed by atoms with Crippen molar-refractivity contribution < 1.29 is 0 Å². The first kappa shape index (κ1) is 14.0. The van der Waals surface area contributed by atoms with Gasteiger partial charge < -0.3 is 5.32 Å². The molecule has 0 saturated heterocycles. The van der Waals surface area contributed by atoms with E-state index < -0.39 is 0 Å². The number of rotatable bonds is 5. The van der Waals surface area contributed by atoms with Crippen molar-refractivity contribution in [1.82, 2.24) is 10.7 Å². The summed E-state index contributed by atoms with van der Waals surface area (Å²) in [4.78, 5) is 7.07. The molecular formula is C12H22N4S. The summed E-state index contributed by atoms with van der Waals surface area (Å²) in [5.41, 5.74) is 2.59. The third-order valence-corrected chi connectivity index (χ3v) is 3.49. The van der Waals surface area contributed by atoms with Gasteiger partial charge >= 0.3 is 0 Å². The van der Waals surface area contributed by atoms with E-state index in [1.54, 1.807) is 11.3 Å². The second-order valence-corrected chi connectivity index (χ2v) is 5.56. The van der Waals surface area contributed by atoms with Crippen LogP contribution in [0.15, 0.2) is 17.1 Å². The maximum absolute atomic E-state index is 5.41. The number of nitrogens with one attached hydrogen (secondary N) is 2. The summed E-state index contributed by atoms with van der Waals surface area (Å²) in [5.74, 6) is 6.64. The Hall–Kier alpha value is -1.07. The zero-order valence-corrected chi connectivity index (χ0v) is 11.6. The van der Waals surface area contributed by atoms with Crippen molar-refractivity contribution in [1.29, 1.82) is 0 Å². The highest BCUT2D eigenvalue weighted by atomic mass is 32.1. The highest BCUT2D eigenvalue weighted by Gasteiger charge is 2.00. The average molecular weight is 254 g/mol. The molecule has 0 atom stereocenters. The normalized spacial score (nSPS) is 11.9. The van der Waals surface area contributed by atoms with Gasteiger partial charge in [-0.3, -0.25) is 5.43 Å². The predicted octanol–water partition coefficient (Wildman–Crippen LogP) is 1.88. The monoisotopic (exact) mass is 254 g/mol. The molecule has 0 aliphatic rings.